The Morgan fingerprint density at radius 3 is 2.08 bits per heavy atom. The van der Waals surface area contributed by atoms with Gasteiger partial charge in [0, 0.05) is 18.5 Å². The van der Waals surface area contributed by atoms with Crippen molar-refractivity contribution >= 4 is 25.2 Å². The van der Waals surface area contributed by atoms with Gasteiger partial charge in [0.05, 0.1) is 0 Å². The van der Waals surface area contributed by atoms with Gasteiger partial charge in [-0.2, -0.15) is 0 Å². The maximum atomic E-state index is 5.49. The number of alkyl halides is 1. The zero-order valence-corrected chi connectivity index (χ0v) is 10.5. The van der Waals surface area contributed by atoms with Crippen molar-refractivity contribution in [3.8, 4) is 0 Å². The van der Waals surface area contributed by atoms with Gasteiger partial charge < -0.3 is 8.85 Å². The predicted octanol–water partition coefficient (Wildman–Crippen LogP) is 2.72. The van der Waals surface area contributed by atoms with E-state index >= 15 is 0 Å². The quantitative estimate of drug-likeness (QED) is 0.376. The first-order valence-corrected chi connectivity index (χ1v) is 7.17. The van der Waals surface area contributed by atoms with E-state index in [-0.39, 0.29) is 0 Å². The van der Waals surface area contributed by atoms with E-state index in [0.29, 0.717) is 0 Å². The Bertz CT molecular complexity index is 87.1. The fraction of sp³-hybridized carbons (Fsp3) is 1.00. The van der Waals surface area contributed by atoms with Gasteiger partial charge in [-0.3, -0.25) is 0 Å². The fourth-order valence-corrected chi connectivity index (χ4v) is 2.82. The molecule has 0 heterocycles. The molecule has 0 rings (SSSR count). The average molecular weight is 254 g/mol. The third kappa shape index (κ3) is 7.28. The second-order valence-corrected chi connectivity index (χ2v) is 5.00. The van der Waals surface area contributed by atoms with Crippen molar-refractivity contribution in [1.82, 2.24) is 0 Å². The lowest BCUT2D eigenvalue weighted by atomic mass is 10.4. The van der Waals surface area contributed by atoms with E-state index in [0.717, 1.165) is 24.6 Å². The molecule has 0 N–H and O–H groups in total. The monoisotopic (exact) mass is 253 g/mol. The Hall–Kier alpha value is 0.617. The molecule has 0 aliphatic rings. The zero-order chi connectivity index (χ0) is 9.23. The summed E-state index contributed by atoms with van der Waals surface area (Å²) in [6.45, 7) is 5.60. The SMILES string of the molecule is CCO[Si](CCCCBr)OCC. The summed E-state index contributed by atoms with van der Waals surface area (Å²) in [7, 11) is -0.940. The molecule has 0 atom stereocenters. The molecule has 1 radical (unpaired) electrons. The Morgan fingerprint density at radius 1 is 1.08 bits per heavy atom. The van der Waals surface area contributed by atoms with Crippen LogP contribution in [0.25, 0.3) is 0 Å². The molecule has 0 unspecified atom stereocenters. The van der Waals surface area contributed by atoms with Crippen molar-refractivity contribution in [2.45, 2.75) is 32.7 Å². The smallest absolute Gasteiger partial charge is 0.384 e. The van der Waals surface area contributed by atoms with Crippen molar-refractivity contribution < 1.29 is 8.85 Å². The van der Waals surface area contributed by atoms with Crippen molar-refractivity contribution in [3.05, 3.63) is 0 Å². The van der Waals surface area contributed by atoms with Crippen molar-refractivity contribution in [2.24, 2.45) is 0 Å². The third-order valence-electron chi connectivity index (χ3n) is 1.38. The topological polar surface area (TPSA) is 18.5 Å². The van der Waals surface area contributed by atoms with E-state index in [9.17, 15) is 0 Å². The molecule has 0 fully saturated rings. The Morgan fingerprint density at radius 2 is 1.67 bits per heavy atom. The summed E-state index contributed by atoms with van der Waals surface area (Å²) in [6.07, 6.45) is 2.42. The van der Waals surface area contributed by atoms with Crippen molar-refractivity contribution in [3.63, 3.8) is 0 Å². The third-order valence-corrected chi connectivity index (χ3v) is 3.92. The minimum absolute atomic E-state index is 0.780. The van der Waals surface area contributed by atoms with Gasteiger partial charge in [-0.15, -0.1) is 0 Å². The average Bonchev–Trinajstić information content (AvgIpc) is 2.06. The van der Waals surface area contributed by atoms with Crippen molar-refractivity contribution in [1.29, 1.82) is 0 Å². The molecule has 0 saturated heterocycles. The van der Waals surface area contributed by atoms with Crippen LogP contribution in [-0.4, -0.2) is 27.8 Å². The normalized spacial score (nSPS) is 11.0. The van der Waals surface area contributed by atoms with Gasteiger partial charge in [0.2, 0.25) is 0 Å². The van der Waals surface area contributed by atoms with Gasteiger partial charge in [-0.1, -0.05) is 22.4 Å². The fourth-order valence-electron chi connectivity index (χ4n) is 0.872. The van der Waals surface area contributed by atoms with E-state index in [4.69, 9.17) is 8.85 Å². The second-order valence-electron chi connectivity index (χ2n) is 2.38. The molecule has 2 nitrogen and oxygen atoms in total. The largest absolute Gasteiger partial charge is 0.394 e. The van der Waals surface area contributed by atoms with Gasteiger partial charge in [0.25, 0.3) is 0 Å². The van der Waals surface area contributed by atoms with E-state index in [1.807, 2.05) is 13.8 Å². The summed E-state index contributed by atoms with van der Waals surface area (Å²) in [5, 5.41) is 1.08. The molecule has 0 aromatic rings. The Labute approximate surface area is 85.6 Å². The number of unbranched alkanes of at least 4 members (excludes halogenated alkanes) is 1. The van der Waals surface area contributed by atoms with Crippen molar-refractivity contribution in [2.75, 3.05) is 18.5 Å². The summed E-state index contributed by atoms with van der Waals surface area (Å²) >= 11 is 3.41. The van der Waals surface area contributed by atoms with Gasteiger partial charge in [0.1, 0.15) is 0 Å². The van der Waals surface area contributed by atoms with E-state index in [1.54, 1.807) is 0 Å². The molecule has 12 heavy (non-hydrogen) atoms. The summed E-state index contributed by atoms with van der Waals surface area (Å²) in [4.78, 5) is 0. The first kappa shape index (κ1) is 12.6. The molecule has 0 amide bonds. The summed E-state index contributed by atoms with van der Waals surface area (Å²) in [6, 6.07) is 1.11. The second kappa shape index (κ2) is 9.70. The lowest BCUT2D eigenvalue weighted by molar-refractivity contribution is 0.213. The zero-order valence-electron chi connectivity index (χ0n) is 7.94. The van der Waals surface area contributed by atoms with Crippen LogP contribution >= 0.6 is 15.9 Å². The van der Waals surface area contributed by atoms with Crippen LogP contribution in [0.4, 0.5) is 0 Å². The number of hydrogen-bond acceptors (Lipinski definition) is 2. The van der Waals surface area contributed by atoms with Crippen LogP contribution in [0.5, 0.6) is 0 Å². The van der Waals surface area contributed by atoms with Crippen LogP contribution in [0.15, 0.2) is 0 Å². The van der Waals surface area contributed by atoms with Gasteiger partial charge in [-0.25, -0.2) is 0 Å². The molecule has 0 aliphatic heterocycles. The molecule has 0 aromatic carbocycles. The number of rotatable bonds is 8. The number of halogens is 1. The highest BCUT2D eigenvalue weighted by Gasteiger charge is 2.12. The standard InChI is InChI=1S/C8H18BrO2Si/c1-3-10-12(11-4-2)8-6-5-7-9/h3-8H2,1-2H3. The van der Waals surface area contributed by atoms with Crippen LogP contribution in [0.2, 0.25) is 6.04 Å². The predicted molar refractivity (Wildman–Crippen MR) is 56.8 cm³/mol. The highest BCUT2D eigenvalue weighted by molar-refractivity contribution is 9.09. The minimum Gasteiger partial charge on any atom is -0.394 e. The van der Waals surface area contributed by atoms with E-state index < -0.39 is 9.28 Å². The Kier molecular flexibility index (Phi) is 10.2. The van der Waals surface area contributed by atoms with E-state index in [1.165, 1.54) is 12.8 Å². The van der Waals surface area contributed by atoms with E-state index in [2.05, 4.69) is 15.9 Å². The van der Waals surface area contributed by atoms with Gasteiger partial charge in [0.15, 0.2) is 0 Å². The summed E-state index contributed by atoms with van der Waals surface area (Å²) in [5.74, 6) is 0. The number of hydrogen-bond donors (Lipinski definition) is 0. The molecular weight excluding hydrogens is 236 g/mol. The van der Waals surface area contributed by atoms with Crippen LogP contribution in [-0.2, 0) is 8.85 Å². The van der Waals surface area contributed by atoms with Crippen LogP contribution in [0, 0.1) is 0 Å². The first-order valence-electron chi connectivity index (χ1n) is 4.52. The van der Waals surface area contributed by atoms with Crippen LogP contribution in [0.3, 0.4) is 0 Å². The molecule has 0 spiro atoms. The molecule has 4 heteroatoms. The highest BCUT2D eigenvalue weighted by atomic mass is 79.9. The summed E-state index contributed by atoms with van der Waals surface area (Å²) < 4.78 is 11.0. The van der Waals surface area contributed by atoms with Crippen LogP contribution < -0.4 is 0 Å². The maximum Gasteiger partial charge on any atom is 0.384 e. The van der Waals surface area contributed by atoms with Crippen LogP contribution in [0.1, 0.15) is 26.7 Å². The Balaban J connectivity index is 3.34. The minimum atomic E-state index is -0.940. The molecule has 0 saturated carbocycles. The maximum absolute atomic E-state index is 5.49. The lowest BCUT2D eigenvalue weighted by Gasteiger charge is -2.12. The molecule has 0 aliphatic carbocycles. The summed E-state index contributed by atoms with van der Waals surface area (Å²) in [5.41, 5.74) is 0. The molecule has 73 valence electrons. The first-order chi connectivity index (χ1) is 5.85. The molecule has 0 aromatic heterocycles. The highest BCUT2D eigenvalue weighted by Crippen LogP contribution is 2.05. The molecular formula is C8H18BrO2Si. The van der Waals surface area contributed by atoms with Gasteiger partial charge in [-0.05, 0) is 26.3 Å². The lowest BCUT2D eigenvalue weighted by Crippen LogP contribution is -2.22. The van der Waals surface area contributed by atoms with Gasteiger partial charge >= 0.3 is 9.28 Å². The molecule has 0 bridgehead atoms.